The van der Waals surface area contributed by atoms with E-state index in [0.29, 0.717) is 12.6 Å². The van der Waals surface area contributed by atoms with Gasteiger partial charge in [0.2, 0.25) is 0 Å². The summed E-state index contributed by atoms with van der Waals surface area (Å²) < 4.78 is 11.1. The van der Waals surface area contributed by atoms with Crippen molar-refractivity contribution >= 4 is 0 Å². The molecule has 1 aromatic carbocycles. The molecular weight excluding hydrogens is 238 g/mol. The summed E-state index contributed by atoms with van der Waals surface area (Å²) in [5.74, 6) is 1.57. The van der Waals surface area contributed by atoms with Crippen molar-refractivity contribution in [1.29, 1.82) is 0 Å². The van der Waals surface area contributed by atoms with Gasteiger partial charge in [-0.05, 0) is 37.5 Å². The highest BCUT2D eigenvalue weighted by molar-refractivity contribution is 5.43. The molecule has 1 aromatic rings. The molecule has 0 unspecified atom stereocenters. The lowest BCUT2D eigenvalue weighted by Gasteiger charge is -2.14. The molecule has 0 amide bonds. The maximum absolute atomic E-state index is 5.74. The van der Waals surface area contributed by atoms with Crippen molar-refractivity contribution in [2.45, 2.75) is 32.7 Å². The fraction of sp³-hybridized carbons (Fsp3) is 0.500. The van der Waals surface area contributed by atoms with E-state index in [0.717, 1.165) is 30.9 Å². The van der Waals surface area contributed by atoms with Gasteiger partial charge in [-0.3, -0.25) is 0 Å². The van der Waals surface area contributed by atoms with Crippen LogP contribution in [0.25, 0.3) is 0 Å². The van der Waals surface area contributed by atoms with Gasteiger partial charge in [0.15, 0.2) is 11.5 Å². The molecule has 0 saturated heterocycles. The van der Waals surface area contributed by atoms with Gasteiger partial charge in [-0.2, -0.15) is 0 Å². The molecular formula is C16H25NO2. The van der Waals surface area contributed by atoms with Gasteiger partial charge >= 0.3 is 0 Å². The first-order valence-corrected chi connectivity index (χ1v) is 6.85. The molecule has 0 spiro atoms. The maximum atomic E-state index is 5.74. The van der Waals surface area contributed by atoms with E-state index in [1.165, 1.54) is 5.56 Å². The van der Waals surface area contributed by atoms with Gasteiger partial charge in [0.1, 0.15) is 6.61 Å². The minimum atomic E-state index is 0.528. The third kappa shape index (κ3) is 5.35. The van der Waals surface area contributed by atoms with E-state index in [1.807, 2.05) is 24.3 Å². The molecule has 0 aliphatic heterocycles. The Bertz CT molecular complexity index is 390. The molecule has 0 heterocycles. The summed E-state index contributed by atoms with van der Waals surface area (Å²) in [5, 5.41) is 3.39. The van der Waals surface area contributed by atoms with Crippen molar-refractivity contribution in [3.8, 4) is 11.5 Å². The second-order valence-electron chi connectivity index (χ2n) is 4.59. The zero-order chi connectivity index (χ0) is 14.1. The number of ether oxygens (including phenoxy) is 2. The smallest absolute Gasteiger partial charge is 0.161 e. The topological polar surface area (TPSA) is 30.5 Å². The molecule has 0 bridgehead atoms. The van der Waals surface area contributed by atoms with Gasteiger partial charge in [-0.1, -0.05) is 19.1 Å². The average molecular weight is 263 g/mol. The molecule has 3 heteroatoms. The Morgan fingerprint density at radius 3 is 2.79 bits per heavy atom. The van der Waals surface area contributed by atoms with E-state index < -0.39 is 0 Å². The normalized spacial score (nSPS) is 11.9. The molecule has 0 aliphatic rings. The Morgan fingerprint density at radius 1 is 1.37 bits per heavy atom. The molecule has 1 rings (SSSR count). The lowest BCUT2D eigenvalue weighted by atomic mass is 10.1. The molecule has 1 N–H and O–H groups in total. The van der Waals surface area contributed by atoms with Crippen LogP contribution in [0.2, 0.25) is 0 Å². The second-order valence-corrected chi connectivity index (χ2v) is 4.59. The quantitative estimate of drug-likeness (QED) is 0.548. The number of allylic oxidation sites excluding steroid dienone is 1. The van der Waals surface area contributed by atoms with E-state index in [9.17, 15) is 0 Å². The van der Waals surface area contributed by atoms with Crippen molar-refractivity contribution in [2.75, 3.05) is 20.3 Å². The largest absolute Gasteiger partial charge is 0.493 e. The third-order valence-corrected chi connectivity index (χ3v) is 3.07. The molecule has 106 valence electrons. The lowest BCUT2D eigenvalue weighted by molar-refractivity contribution is 0.286. The van der Waals surface area contributed by atoms with Crippen LogP contribution in [-0.2, 0) is 6.42 Å². The Kier molecular flexibility index (Phi) is 7.04. The van der Waals surface area contributed by atoms with E-state index in [4.69, 9.17) is 9.47 Å². The highest BCUT2D eigenvalue weighted by Crippen LogP contribution is 2.28. The van der Waals surface area contributed by atoms with Crippen LogP contribution in [0.3, 0.4) is 0 Å². The minimum absolute atomic E-state index is 0.528. The van der Waals surface area contributed by atoms with Crippen LogP contribution in [-0.4, -0.2) is 26.3 Å². The van der Waals surface area contributed by atoms with Crippen LogP contribution in [0.1, 0.15) is 25.8 Å². The number of rotatable bonds is 9. The first-order valence-electron chi connectivity index (χ1n) is 6.85. The Balaban J connectivity index is 2.50. The van der Waals surface area contributed by atoms with E-state index >= 15 is 0 Å². The monoisotopic (exact) mass is 263 g/mol. The molecule has 0 aromatic heterocycles. The van der Waals surface area contributed by atoms with Crippen molar-refractivity contribution in [3.05, 3.63) is 36.4 Å². The first-order chi connectivity index (χ1) is 9.21. The number of methoxy groups -OCH3 is 1. The van der Waals surface area contributed by atoms with E-state index in [1.54, 1.807) is 7.11 Å². The predicted octanol–water partition coefficient (Wildman–Crippen LogP) is 3.19. The summed E-state index contributed by atoms with van der Waals surface area (Å²) in [6.07, 6.45) is 3.84. The number of hydrogen-bond donors (Lipinski definition) is 1. The van der Waals surface area contributed by atoms with Gasteiger partial charge in [-0.15, -0.1) is 6.58 Å². The Labute approximate surface area is 116 Å². The maximum Gasteiger partial charge on any atom is 0.161 e. The molecule has 0 aliphatic carbocycles. The molecule has 1 atom stereocenters. The van der Waals surface area contributed by atoms with Crippen molar-refractivity contribution in [1.82, 2.24) is 5.32 Å². The SMILES string of the molecule is C=CCc1ccc(OCCN[C@@H](C)CC)c(OC)c1. The summed E-state index contributed by atoms with van der Waals surface area (Å²) in [6, 6.07) is 6.53. The molecule has 0 radical (unpaired) electrons. The highest BCUT2D eigenvalue weighted by atomic mass is 16.5. The van der Waals surface area contributed by atoms with Gasteiger partial charge in [-0.25, -0.2) is 0 Å². The van der Waals surface area contributed by atoms with Crippen molar-refractivity contribution in [2.24, 2.45) is 0 Å². The fourth-order valence-electron chi connectivity index (χ4n) is 1.74. The molecule has 0 fully saturated rings. The zero-order valence-electron chi connectivity index (χ0n) is 12.2. The fourth-order valence-corrected chi connectivity index (χ4v) is 1.74. The van der Waals surface area contributed by atoms with Crippen LogP contribution >= 0.6 is 0 Å². The van der Waals surface area contributed by atoms with E-state index in [2.05, 4.69) is 25.7 Å². The summed E-state index contributed by atoms with van der Waals surface area (Å²) in [7, 11) is 1.66. The lowest BCUT2D eigenvalue weighted by Crippen LogP contribution is -2.29. The van der Waals surface area contributed by atoms with Crippen LogP contribution in [0.15, 0.2) is 30.9 Å². The standard InChI is InChI=1S/C16H25NO2/c1-5-7-14-8-9-15(16(12-14)18-4)19-11-10-17-13(3)6-2/h5,8-9,12-13,17H,1,6-7,10-11H2,2-4H3/t13-/m0/s1. The van der Waals surface area contributed by atoms with Crippen molar-refractivity contribution in [3.63, 3.8) is 0 Å². The summed E-state index contributed by atoms with van der Waals surface area (Å²) in [4.78, 5) is 0. The van der Waals surface area contributed by atoms with Gasteiger partial charge in [0.25, 0.3) is 0 Å². The van der Waals surface area contributed by atoms with Gasteiger partial charge < -0.3 is 14.8 Å². The first kappa shape index (κ1) is 15.6. The molecule has 3 nitrogen and oxygen atoms in total. The van der Waals surface area contributed by atoms with Crippen LogP contribution in [0, 0.1) is 0 Å². The zero-order valence-corrected chi connectivity index (χ0v) is 12.2. The predicted molar refractivity (Wildman–Crippen MR) is 80.1 cm³/mol. The minimum Gasteiger partial charge on any atom is -0.493 e. The van der Waals surface area contributed by atoms with E-state index in [-0.39, 0.29) is 0 Å². The Morgan fingerprint density at radius 2 is 2.16 bits per heavy atom. The number of benzene rings is 1. The van der Waals surface area contributed by atoms with Gasteiger partial charge in [0, 0.05) is 12.6 Å². The molecule has 0 saturated carbocycles. The number of nitrogens with one attached hydrogen (secondary N) is 1. The van der Waals surface area contributed by atoms with Crippen LogP contribution in [0.5, 0.6) is 11.5 Å². The summed E-state index contributed by atoms with van der Waals surface area (Å²) >= 11 is 0. The average Bonchev–Trinajstić information content (AvgIpc) is 2.44. The van der Waals surface area contributed by atoms with Gasteiger partial charge in [0.05, 0.1) is 7.11 Å². The molecule has 19 heavy (non-hydrogen) atoms. The summed E-state index contributed by atoms with van der Waals surface area (Å²) in [6.45, 7) is 9.56. The van der Waals surface area contributed by atoms with Crippen LogP contribution in [0.4, 0.5) is 0 Å². The summed E-state index contributed by atoms with van der Waals surface area (Å²) in [5.41, 5.74) is 1.18. The third-order valence-electron chi connectivity index (χ3n) is 3.07. The second kappa shape index (κ2) is 8.59. The van der Waals surface area contributed by atoms with Crippen molar-refractivity contribution < 1.29 is 9.47 Å². The number of hydrogen-bond acceptors (Lipinski definition) is 3. The highest BCUT2D eigenvalue weighted by Gasteiger charge is 2.05. The Hall–Kier alpha value is -1.48. The van der Waals surface area contributed by atoms with Crippen LogP contribution < -0.4 is 14.8 Å².